The number of aliphatic hydroxyl groups excluding tert-OH is 2. The second kappa shape index (κ2) is 7.81. The molecule has 3 atom stereocenters. The number of hydrogen-bond donors (Lipinski definition) is 2. The molecule has 1 heterocycles. The molecule has 0 aromatic rings. The molecule has 114 valence electrons. The Morgan fingerprint density at radius 3 is 1.75 bits per heavy atom. The molecule has 1 aliphatic heterocycles. The van der Waals surface area contributed by atoms with Crippen molar-refractivity contribution in [2.45, 2.75) is 88.8 Å². The van der Waals surface area contributed by atoms with E-state index in [4.69, 9.17) is 12.6 Å². The van der Waals surface area contributed by atoms with Crippen LogP contribution < -0.4 is 0 Å². The van der Waals surface area contributed by atoms with Gasteiger partial charge in [0.1, 0.15) is 14.0 Å². The second-order valence-electron chi connectivity index (χ2n) is 6.64. The smallest absolute Gasteiger partial charge is 0.109 e. The maximum atomic E-state index is 10.6. The molecule has 0 aromatic carbocycles. The first kappa shape index (κ1) is 16.3. The molecule has 0 amide bonds. The van der Waals surface area contributed by atoms with Crippen molar-refractivity contribution in [3.63, 3.8) is 0 Å². The third-order valence-electron chi connectivity index (χ3n) is 5.29. The van der Waals surface area contributed by atoms with Crippen LogP contribution in [0.25, 0.3) is 0 Å². The van der Waals surface area contributed by atoms with Crippen LogP contribution in [0.5, 0.6) is 0 Å². The molecule has 0 bridgehead atoms. The second-order valence-corrected chi connectivity index (χ2v) is 6.64. The third kappa shape index (κ3) is 3.58. The minimum Gasteiger partial charge on any atom is -0.394 e. The van der Waals surface area contributed by atoms with Crippen LogP contribution in [0.4, 0.5) is 0 Å². The third-order valence-corrected chi connectivity index (χ3v) is 5.29. The highest BCUT2D eigenvalue weighted by Crippen LogP contribution is 2.46. The van der Waals surface area contributed by atoms with Gasteiger partial charge >= 0.3 is 0 Å². The average Bonchev–Trinajstić information content (AvgIpc) is 2.67. The fraction of sp³-hybridized carbons (Fsp3) is 1.00. The zero-order valence-corrected chi connectivity index (χ0v) is 12.6. The van der Waals surface area contributed by atoms with E-state index in [1.54, 1.807) is 0 Å². The largest absolute Gasteiger partial charge is 0.394 e. The summed E-state index contributed by atoms with van der Waals surface area (Å²) in [7, 11) is 6.19. The van der Waals surface area contributed by atoms with Crippen molar-refractivity contribution in [2.24, 2.45) is 5.41 Å². The summed E-state index contributed by atoms with van der Waals surface area (Å²) in [4.78, 5) is 0. The van der Waals surface area contributed by atoms with Crippen LogP contribution in [0.1, 0.15) is 70.6 Å². The van der Waals surface area contributed by atoms with E-state index < -0.39 is 18.2 Å². The molecule has 4 heteroatoms. The normalized spacial score (nSPS) is 36.4. The van der Waals surface area contributed by atoms with Gasteiger partial charge in [-0.05, 0) is 12.8 Å². The summed E-state index contributed by atoms with van der Waals surface area (Å²) in [6.45, 7) is -0.142. The fourth-order valence-corrected chi connectivity index (χ4v) is 3.93. The highest BCUT2D eigenvalue weighted by atomic mass is 16.5. The molecule has 3 unspecified atom stereocenters. The summed E-state index contributed by atoms with van der Waals surface area (Å²) >= 11 is 0. The SMILES string of the molecule is [B]C1OC(CO)C(O)C12CCCCCCCCCCC2. The van der Waals surface area contributed by atoms with Crippen molar-refractivity contribution in [3.05, 3.63) is 0 Å². The van der Waals surface area contributed by atoms with Gasteiger partial charge in [-0.25, -0.2) is 0 Å². The maximum absolute atomic E-state index is 10.6. The van der Waals surface area contributed by atoms with Crippen LogP contribution in [0.3, 0.4) is 0 Å². The topological polar surface area (TPSA) is 49.7 Å². The predicted molar refractivity (Wildman–Crippen MR) is 80.7 cm³/mol. The molecular weight excluding hydrogens is 251 g/mol. The molecule has 1 spiro atoms. The first-order valence-electron chi connectivity index (χ1n) is 8.41. The minimum absolute atomic E-state index is 0.142. The number of aliphatic hydroxyl groups is 2. The van der Waals surface area contributed by atoms with Crippen molar-refractivity contribution >= 4 is 7.85 Å². The zero-order chi connectivity index (χ0) is 14.4. The lowest BCUT2D eigenvalue weighted by Crippen LogP contribution is -2.42. The van der Waals surface area contributed by atoms with E-state index in [0.717, 1.165) is 25.7 Å². The van der Waals surface area contributed by atoms with Crippen LogP contribution >= 0.6 is 0 Å². The summed E-state index contributed by atoms with van der Waals surface area (Å²) < 4.78 is 5.62. The number of hydrogen-bond acceptors (Lipinski definition) is 3. The molecule has 20 heavy (non-hydrogen) atoms. The van der Waals surface area contributed by atoms with E-state index in [9.17, 15) is 10.2 Å². The molecular formula is C16H29BO3. The van der Waals surface area contributed by atoms with Gasteiger partial charge in [-0.3, -0.25) is 0 Å². The van der Waals surface area contributed by atoms with Crippen molar-refractivity contribution in [2.75, 3.05) is 6.61 Å². The molecule has 2 radical (unpaired) electrons. The van der Waals surface area contributed by atoms with E-state index in [2.05, 4.69) is 0 Å². The monoisotopic (exact) mass is 280 g/mol. The zero-order valence-electron chi connectivity index (χ0n) is 12.6. The van der Waals surface area contributed by atoms with Gasteiger partial charge in [0.2, 0.25) is 0 Å². The Morgan fingerprint density at radius 2 is 1.35 bits per heavy atom. The summed E-state index contributed by atoms with van der Waals surface area (Å²) in [6.07, 6.45) is 11.9. The van der Waals surface area contributed by atoms with Crippen molar-refractivity contribution < 1.29 is 14.9 Å². The maximum Gasteiger partial charge on any atom is 0.109 e. The van der Waals surface area contributed by atoms with Crippen molar-refractivity contribution in [1.29, 1.82) is 0 Å². The van der Waals surface area contributed by atoms with Gasteiger partial charge in [-0.1, -0.05) is 57.8 Å². The standard InChI is InChI=1S/C16H29BO3/c17-15-16(14(19)13(12-18)20-15)10-8-6-4-2-1-3-5-7-9-11-16/h13-15,18-19H,1-12H2. The Bertz CT molecular complexity index is 273. The van der Waals surface area contributed by atoms with Crippen LogP contribution in [0.15, 0.2) is 0 Å². The average molecular weight is 280 g/mol. The highest BCUT2D eigenvalue weighted by molar-refractivity contribution is 6.11. The van der Waals surface area contributed by atoms with Gasteiger partial charge in [-0.2, -0.15) is 0 Å². The molecule has 2 rings (SSSR count). The summed E-state index contributed by atoms with van der Waals surface area (Å²) in [5.41, 5.74) is -0.341. The number of rotatable bonds is 1. The lowest BCUT2D eigenvalue weighted by Gasteiger charge is -2.36. The molecule has 2 fully saturated rings. The first-order valence-corrected chi connectivity index (χ1v) is 8.41. The van der Waals surface area contributed by atoms with E-state index in [-0.39, 0.29) is 12.0 Å². The quantitative estimate of drug-likeness (QED) is 0.726. The Kier molecular flexibility index (Phi) is 6.37. The summed E-state index contributed by atoms with van der Waals surface area (Å²) in [5.74, 6) is 0. The summed E-state index contributed by atoms with van der Waals surface area (Å²) in [6, 6.07) is -0.433. The Morgan fingerprint density at radius 1 is 0.900 bits per heavy atom. The first-order chi connectivity index (χ1) is 9.70. The van der Waals surface area contributed by atoms with Crippen LogP contribution in [0, 0.1) is 5.41 Å². The molecule has 2 aliphatic rings. The van der Waals surface area contributed by atoms with Gasteiger partial charge in [0.25, 0.3) is 0 Å². The lowest BCUT2D eigenvalue weighted by molar-refractivity contribution is -0.0111. The Hall–Kier alpha value is -0.0551. The Balaban J connectivity index is 2.03. The van der Waals surface area contributed by atoms with Crippen LogP contribution in [0.2, 0.25) is 0 Å². The predicted octanol–water partition coefficient (Wildman–Crippen LogP) is 2.52. The molecule has 0 aromatic heterocycles. The van der Waals surface area contributed by atoms with E-state index in [1.165, 1.54) is 44.9 Å². The van der Waals surface area contributed by atoms with Gasteiger partial charge in [0, 0.05) is 11.4 Å². The minimum atomic E-state index is -0.620. The molecule has 3 nitrogen and oxygen atoms in total. The van der Waals surface area contributed by atoms with Gasteiger partial charge in [0.05, 0.1) is 12.7 Å². The molecule has 1 aliphatic carbocycles. The van der Waals surface area contributed by atoms with Crippen molar-refractivity contribution in [1.82, 2.24) is 0 Å². The molecule has 2 N–H and O–H groups in total. The molecule has 1 saturated carbocycles. The van der Waals surface area contributed by atoms with E-state index >= 15 is 0 Å². The lowest BCUT2D eigenvalue weighted by atomic mass is 9.64. The molecule has 1 saturated heterocycles. The number of ether oxygens (including phenoxy) is 1. The van der Waals surface area contributed by atoms with E-state index in [0.29, 0.717) is 0 Å². The van der Waals surface area contributed by atoms with Crippen molar-refractivity contribution in [3.8, 4) is 0 Å². The summed E-state index contributed by atoms with van der Waals surface area (Å²) in [5, 5.41) is 19.9. The van der Waals surface area contributed by atoms with Gasteiger partial charge < -0.3 is 14.9 Å². The van der Waals surface area contributed by atoms with Crippen LogP contribution in [-0.4, -0.2) is 42.9 Å². The fourth-order valence-electron chi connectivity index (χ4n) is 3.93. The Labute approximate surface area is 124 Å². The van der Waals surface area contributed by atoms with E-state index in [1.807, 2.05) is 0 Å². The van der Waals surface area contributed by atoms with Gasteiger partial charge in [0.15, 0.2) is 0 Å². The van der Waals surface area contributed by atoms with Crippen LogP contribution in [-0.2, 0) is 4.74 Å². The highest BCUT2D eigenvalue weighted by Gasteiger charge is 2.51. The van der Waals surface area contributed by atoms with Gasteiger partial charge in [-0.15, -0.1) is 0 Å².